The van der Waals surface area contributed by atoms with Crippen LogP contribution in [0.5, 0.6) is 0 Å². The Labute approximate surface area is 180 Å². The standard InChI is InChI=1S/C21H27N3O6S/c1-3-4-10-23(18-9-11-31(28,29)14-18)19(25)13-30-20(26)16-5-7-17(8-6-16)24-15(2)12-22-21(24)27/h5-8,12,18H,3-4,9-11,13-14H2,1-2H3,(H,22,27). The topological polar surface area (TPSA) is 119 Å². The van der Waals surface area contributed by atoms with E-state index in [0.717, 1.165) is 18.5 Å². The first kappa shape index (κ1) is 22.8. The number of sulfone groups is 1. The summed E-state index contributed by atoms with van der Waals surface area (Å²) in [6.07, 6.45) is 3.61. The molecule has 1 aliphatic heterocycles. The summed E-state index contributed by atoms with van der Waals surface area (Å²) < 4.78 is 30.3. The monoisotopic (exact) mass is 449 g/mol. The van der Waals surface area contributed by atoms with Gasteiger partial charge in [0.25, 0.3) is 5.91 Å². The minimum absolute atomic E-state index is 0.0458. The van der Waals surface area contributed by atoms with Crippen molar-refractivity contribution in [2.24, 2.45) is 0 Å². The number of ether oxygens (including phenoxy) is 1. The average Bonchev–Trinajstić information content (AvgIpc) is 3.27. The minimum atomic E-state index is -3.13. The van der Waals surface area contributed by atoms with Crippen LogP contribution in [0.3, 0.4) is 0 Å². The lowest BCUT2D eigenvalue weighted by molar-refractivity contribution is -0.136. The van der Waals surface area contributed by atoms with Gasteiger partial charge in [0.2, 0.25) is 0 Å². The number of nitrogens with zero attached hydrogens (tertiary/aromatic N) is 2. The van der Waals surface area contributed by atoms with Crippen LogP contribution in [-0.4, -0.2) is 65.4 Å². The average molecular weight is 450 g/mol. The number of nitrogens with one attached hydrogen (secondary N) is 1. The molecular weight excluding hydrogens is 422 g/mol. The highest BCUT2D eigenvalue weighted by Crippen LogP contribution is 2.19. The lowest BCUT2D eigenvalue weighted by atomic mass is 10.2. The fourth-order valence-corrected chi connectivity index (χ4v) is 5.41. The van der Waals surface area contributed by atoms with Crippen molar-refractivity contribution in [2.75, 3.05) is 24.7 Å². The number of benzene rings is 1. The molecule has 1 aliphatic rings. The van der Waals surface area contributed by atoms with Gasteiger partial charge in [0.05, 0.1) is 22.8 Å². The SMILES string of the molecule is CCCCN(C(=O)COC(=O)c1ccc(-n2c(C)c[nH]c2=O)cc1)C1CCS(=O)(=O)C1. The number of H-pyrrole nitrogens is 1. The third kappa shape index (κ3) is 5.43. The fourth-order valence-electron chi connectivity index (χ4n) is 3.68. The van der Waals surface area contributed by atoms with Crippen LogP contribution in [0.25, 0.3) is 5.69 Å². The van der Waals surface area contributed by atoms with E-state index in [1.165, 1.54) is 21.6 Å². The summed E-state index contributed by atoms with van der Waals surface area (Å²) in [6, 6.07) is 5.93. The van der Waals surface area contributed by atoms with Crippen molar-refractivity contribution in [3.05, 3.63) is 52.2 Å². The summed E-state index contributed by atoms with van der Waals surface area (Å²) in [5, 5.41) is 0. The molecule has 0 aliphatic carbocycles. The number of carbonyl (C=O) groups is 2. The maximum atomic E-state index is 12.7. The zero-order valence-corrected chi connectivity index (χ0v) is 18.5. The molecule has 1 fully saturated rings. The summed E-state index contributed by atoms with van der Waals surface area (Å²) in [5.74, 6) is -1.03. The molecule has 1 unspecified atom stereocenters. The Kier molecular flexibility index (Phi) is 6.99. The molecule has 0 bridgehead atoms. The summed E-state index contributed by atoms with van der Waals surface area (Å²) in [7, 11) is -3.13. The van der Waals surface area contributed by atoms with E-state index in [4.69, 9.17) is 4.74 Å². The number of hydrogen-bond donors (Lipinski definition) is 1. The first-order valence-corrected chi connectivity index (χ1v) is 12.1. The van der Waals surface area contributed by atoms with E-state index in [1.54, 1.807) is 25.3 Å². The van der Waals surface area contributed by atoms with Gasteiger partial charge in [0, 0.05) is 24.5 Å². The molecule has 3 rings (SSSR count). The van der Waals surface area contributed by atoms with Gasteiger partial charge in [-0.2, -0.15) is 0 Å². The maximum Gasteiger partial charge on any atom is 0.338 e. The zero-order valence-electron chi connectivity index (χ0n) is 17.7. The van der Waals surface area contributed by atoms with Crippen molar-refractivity contribution in [1.82, 2.24) is 14.5 Å². The van der Waals surface area contributed by atoms with Crippen molar-refractivity contribution in [2.45, 2.75) is 39.2 Å². The first-order valence-electron chi connectivity index (χ1n) is 10.3. The highest BCUT2D eigenvalue weighted by Gasteiger charge is 2.34. The smallest absolute Gasteiger partial charge is 0.338 e. The number of hydrogen-bond acceptors (Lipinski definition) is 6. The van der Waals surface area contributed by atoms with Gasteiger partial charge in [-0.25, -0.2) is 18.0 Å². The Morgan fingerprint density at radius 2 is 1.97 bits per heavy atom. The minimum Gasteiger partial charge on any atom is -0.452 e. The number of aryl methyl sites for hydroxylation is 1. The van der Waals surface area contributed by atoms with Crippen molar-refractivity contribution in [3.63, 3.8) is 0 Å². The summed E-state index contributed by atoms with van der Waals surface area (Å²) in [6.45, 7) is 3.76. The number of imidazole rings is 1. The van der Waals surface area contributed by atoms with E-state index in [2.05, 4.69) is 4.98 Å². The normalized spacial score (nSPS) is 17.4. The zero-order chi connectivity index (χ0) is 22.6. The second kappa shape index (κ2) is 9.51. The molecule has 1 atom stereocenters. The van der Waals surface area contributed by atoms with Gasteiger partial charge in [-0.05, 0) is 44.0 Å². The Hall–Kier alpha value is -2.88. The Bertz CT molecular complexity index is 1100. The highest BCUT2D eigenvalue weighted by atomic mass is 32.2. The number of esters is 1. The molecule has 2 aromatic rings. The third-order valence-corrected chi connectivity index (χ3v) is 7.12. The molecular formula is C21H27N3O6S. The van der Waals surface area contributed by atoms with Crippen LogP contribution in [0.2, 0.25) is 0 Å². The summed E-state index contributed by atoms with van der Waals surface area (Å²) in [4.78, 5) is 41.0. The van der Waals surface area contributed by atoms with Gasteiger partial charge in [0.15, 0.2) is 16.4 Å². The molecule has 1 N–H and O–H groups in total. The van der Waals surface area contributed by atoms with Gasteiger partial charge in [-0.1, -0.05) is 13.3 Å². The van der Waals surface area contributed by atoms with Crippen molar-refractivity contribution in [3.8, 4) is 5.69 Å². The van der Waals surface area contributed by atoms with Crippen LogP contribution < -0.4 is 5.69 Å². The van der Waals surface area contributed by atoms with Gasteiger partial charge < -0.3 is 14.6 Å². The highest BCUT2D eigenvalue weighted by molar-refractivity contribution is 7.91. The lowest BCUT2D eigenvalue weighted by Gasteiger charge is -2.28. The van der Waals surface area contributed by atoms with Gasteiger partial charge in [-0.15, -0.1) is 0 Å². The molecule has 1 aromatic heterocycles. The lowest BCUT2D eigenvalue weighted by Crippen LogP contribution is -2.43. The van der Waals surface area contributed by atoms with Crippen molar-refractivity contribution >= 4 is 21.7 Å². The molecule has 31 heavy (non-hydrogen) atoms. The molecule has 168 valence electrons. The molecule has 9 nitrogen and oxygen atoms in total. The predicted molar refractivity (Wildman–Crippen MR) is 115 cm³/mol. The number of aromatic amines is 1. The summed E-state index contributed by atoms with van der Waals surface area (Å²) >= 11 is 0. The Morgan fingerprint density at radius 1 is 1.26 bits per heavy atom. The van der Waals surface area contributed by atoms with E-state index in [1.807, 2.05) is 6.92 Å². The molecule has 1 saturated heterocycles. The van der Waals surface area contributed by atoms with Crippen LogP contribution >= 0.6 is 0 Å². The summed E-state index contributed by atoms with van der Waals surface area (Å²) in [5.41, 5.74) is 1.30. The van der Waals surface area contributed by atoms with Crippen LogP contribution in [-0.2, 0) is 19.4 Å². The quantitative estimate of drug-likeness (QED) is 0.610. The van der Waals surface area contributed by atoms with Gasteiger partial charge >= 0.3 is 11.7 Å². The molecule has 2 heterocycles. The van der Waals surface area contributed by atoms with Crippen LogP contribution in [0, 0.1) is 6.92 Å². The fraction of sp³-hybridized carbons (Fsp3) is 0.476. The number of aromatic nitrogens is 2. The number of amides is 1. The van der Waals surface area contributed by atoms with E-state index < -0.39 is 28.3 Å². The van der Waals surface area contributed by atoms with E-state index >= 15 is 0 Å². The molecule has 1 aromatic carbocycles. The number of unbranched alkanes of at least 4 members (excludes halogenated alkanes) is 1. The van der Waals surface area contributed by atoms with Gasteiger partial charge in [0.1, 0.15) is 0 Å². The largest absolute Gasteiger partial charge is 0.452 e. The molecule has 0 radical (unpaired) electrons. The Balaban J connectivity index is 1.63. The van der Waals surface area contributed by atoms with Crippen LogP contribution in [0.1, 0.15) is 42.2 Å². The predicted octanol–water partition coefficient (Wildman–Crippen LogP) is 1.45. The van der Waals surface area contributed by atoms with Gasteiger partial charge in [-0.3, -0.25) is 9.36 Å². The second-order valence-corrected chi connectivity index (χ2v) is 9.92. The third-order valence-electron chi connectivity index (χ3n) is 5.37. The Morgan fingerprint density at radius 3 is 2.52 bits per heavy atom. The number of rotatable bonds is 8. The van der Waals surface area contributed by atoms with Crippen LogP contribution in [0.4, 0.5) is 0 Å². The van der Waals surface area contributed by atoms with E-state index in [0.29, 0.717) is 18.7 Å². The van der Waals surface area contributed by atoms with E-state index in [9.17, 15) is 22.8 Å². The van der Waals surface area contributed by atoms with Crippen molar-refractivity contribution < 1.29 is 22.7 Å². The molecule has 0 saturated carbocycles. The molecule has 0 spiro atoms. The maximum absolute atomic E-state index is 12.7. The molecule has 10 heteroatoms. The second-order valence-electron chi connectivity index (χ2n) is 7.69. The van der Waals surface area contributed by atoms with Crippen LogP contribution in [0.15, 0.2) is 35.3 Å². The first-order chi connectivity index (χ1) is 14.7. The number of carbonyl (C=O) groups excluding carboxylic acids is 2. The van der Waals surface area contributed by atoms with Crippen molar-refractivity contribution in [1.29, 1.82) is 0 Å². The van der Waals surface area contributed by atoms with E-state index in [-0.39, 0.29) is 28.8 Å². The molecule has 1 amide bonds.